The van der Waals surface area contributed by atoms with Gasteiger partial charge in [-0.25, -0.2) is 0 Å². The van der Waals surface area contributed by atoms with Gasteiger partial charge < -0.3 is 14.4 Å². The first-order chi connectivity index (χ1) is 14.2. The molecule has 2 fully saturated rings. The van der Waals surface area contributed by atoms with Crippen molar-refractivity contribution in [2.24, 2.45) is 5.92 Å². The van der Waals surface area contributed by atoms with Crippen LogP contribution >= 0.6 is 11.7 Å². The number of rotatable bonds is 4. The molecule has 5 rings (SSSR count). The highest BCUT2D eigenvalue weighted by Crippen LogP contribution is 2.33. The number of amides is 1. The topological polar surface area (TPSA) is 71.0 Å². The Balaban J connectivity index is 1.18. The van der Waals surface area contributed by atoms with Gasteiger partial charge in [0.15, 0.2) is 23.1 Å². The fourth-order valence-electron chi connectivity index (χ4n) is 4.16. The number of fused-ring (bicyclic) bond motifs is 1. The lowest BCUT2D eigenvalue weighted by molar-refractivity contribution is -0.119. The summed E-state index contributed by atoms with van der Waals surface area (Å²) in [5, 5.41) is 0. The summed E-state index contributed by atoms with van der Waals surface area (Å²) in [6, 6.07) is 7.82. The molecule has 3 aliphatic rings. The van der Waals surface area contributed by atoms with E-state index < -0.39 is 0 Å². The lowest BCUT2D eigenvalue weighted by Gasteiger charge is -2.37. The van der Waals surface area contributed by atoms with Gasteiger partial charge in [-0.05, 0) is 18.6 Å². The van der Waals surface area contributed by atoms with Crippen LogP contribution in [-0.4, -0.2) is 71.5 Å². The van der Waals surface area contributed by atoms with Crippen molar-refractivity contribution in [1.29, 1.82) is 0 Å². The van der Waals surface area contributed by atoms with Crippen molar-refractivity contribution in [3.05, 3.63) is 24.3 Å². The Morgan fingerprint density at radius 1 is 1.07 bits per heavy atom. The number of piperazine rings is 1. The van der Waals surface area contributed by atoms with Crippen molar-refractivity contribution in [1.82, 2.24) is 13.6 Å². The monoisotopic (exact) mass is 415 g/mol. The number of carbonyl (C=O) groups excluding carboxylic acids is 1. The zero-order valence-corrected chi connectivity index (χ0v) is 17.3. The van der Waals surface area contributed by atoms with E-state index in [-0.39, 0.29) is 17.9 Å². The molecule has 9 heteroatoms. The SMILES string of the molecule is CC1CCN(c2nsnc2N2CCN(C[C@H]3COc4ccccc4O3)CC2)C1=O. The second kappa shape index (κ2) is 7.79. The second-order valence-corrected chi connectivity index (χ2v) is 8.40. The third-order valence-electron chi connectivity index (χ3n) is 5.88. The van der Waals surface area contributed by atoms with E-state index in [4.69, 9.17) is 9.47 Å². The van der Waals surface area contributed by atoms with E-state index in [9.17, 15) is 4.79 Å². The summed E-state index contributed by atoms with van der Waals surface area (Å²) in [7, 11) is 0. The van der Waals surface area contributed by atoms with Gasteiger partial charge in [0.2, 0.25) is 5.91 Å². The van der Waals surface area contributed by atoms with E-state index in [1.54, 1.807) is 4.90 Å². The highest BCUT2D eigenvalue weighted by atomic mass is 32.1. The van der Waals surface area contributed by atoms with Crippen LogP contribution < -0.4 is 19.3 Å². The summed E-state index contributed by atoms with van der Waals surface area (Å²) in [6.45, 7) is 7.69. The van der Waals surface area contributed by atoms with Crippen LogP contribution in [0.2, 0.25) is 0 Å². The third-order valence-corrected chi connectivity index (χ3v) is 6.39. The third kappa shape index (κ3) is 3.64. The Labute approximate surface area is 174 Å². The van der Waals surface area contributed by atoms with Crippen LogP contribution in [0.15, 0.2) is 24.3 Å². The predicted molar refractivity (Wildman–Crippen MR) is 111 cm³/mol. The largest absolute Gasteiger partial charge is 0.486 e. The molecule has 1 aromatic heterocycles. The van der Waals surface area contributed by atoms with Crippen molar-refractivity contribution < 1.29 is 14.3 Å². The van der Waals surface area contributed by atoms with E-state index >= 15 is 0 Å². The minimum atomic E-state index is 0.0386. The van der Waals surface area contributed by atoms with Crippen molar-refractivity contribution in [2.45, 2.75) is 19.4 Å². The van der Waals surface area contributed by atoms with Crippen LogP contribution in [0.3, 0.4) is 0 Å². The minimum Gasteiger partial charge on any atom is -0.486 e. The fraction of sp³-hybridized carbons (Fsp3) is 0.550. The van der Waals surface area contributed by atoms with E-state index in [0.717, 1.165) is 68.8 Å². The van der Waals surface area contributed by atoms with Crippen LogP contribution in [0.5, 0.6) is 11.5 Å². The molecule has 2 saturated heterocycles. The smallest absolute Gasteiger partial charge is 0.231 e. The Morgan fingerprint density at radius 2 is 1.83 bits per heavy atom. The molecule has 0 aliphatic carbocycles. The van der Waals surface area contributed by atoms with Crippen LogP contribution in [-0.2, 0) is 4.79 Å². The summed E-state index contributed by atoms with van der Waals surface area (Å²) >= 11 is 1.19. The van der Waals surface area contributed by atoms with E-state index in [1.165, 1.54) is 11.7 Å². The molecule has 1 unspecified atom stereocenters. The molecule has 0 spiro atoms. The standard InChI is InChI=1S/C20H25N5O3S/c1-14-6-7-25(20(14)26)19-18(21-29-22-19)24-10-8-23(9-11-24)12-15-13-27-16-4-2-3-5-17(16)28-15/h2-5,14-15H,6-13H2,1H3/t14?,15-/m0/s1. The maximum atomic E-state index is 12.4. The molecule has 8 nitrogen and oxygen atoms in total. The number of benzene rings is 1. The first-order valence-electron chi connectivity index (χ1n) is 10.2. The van der Waals surface area contributed by atoms with Crippen molar-refractivity contribution in [2.75, 3.05) is 55.7 Å². The number of anilines is 2. The molecule has 0 radical (unpaired) electrons. The van der Waals surface area contributed by atoms with E-state index in [0.29, 0.717) is 6.61 Å². The van der Waals surface area contributed by atoms with Crippen LogP contribution in [0.4, 0.5) is 11.6 Å². The number of ether oxygens (including phenoxy) is 2. The van der Waals surface area contributed by atoms with Crippen LogP contribution in [0.25, 0.3) is 0 Å². The number of hydrogen-bond acceptors (Lipinski definition) is 8. The van der Waals surface area contributed by atoms with Crippen LogP contribution in [0.1, 0.15) is 13.3 Å². The highest BCUT2D eigenvalue weighted by molar-refractivity contribution is 6.99. The normalized spacial score (nSPS) is 24.9. The van der Waals surface area contributed by atoms with E-state index in [1.807, 2.05) is 31.2 Å². The van der Waals surface area contributed by atoms with Crippen LogP contribution in [0, 0.1) is 5.92 Å². The zero-order valence-electron chi connectivity index (χ0n) is 16.5. The maximum Gasteiger partial charge on any atom is 0.231 e. The number of nitrogens with zero attached hydrogens (tertiary/aromatic N) is 5. The maximum absolute atomic E-state index is 12.4. The lowest BCUT2D eigenvalue weighted by atomic mass is 10.1. The molecule has 0 bridgehead atoms. The first kappa shape index (κ1) is 18.6. The van der Waals surface area contributed by atoms with Gasteiger partial charge in [-0.3, -0.25) is 14.6 Å². The number of hydrogen-bond donors (Lipinski definition) is 0. The molecule has 154 valence electrons. The van der Waals surface area contributed by atoms with Gasteiger partial charge in [-0.1, -0.05) is 19.1 Å². The van der Waals surface area contributed by atoms with Gasteiger partial charge in [-0.2, -0.15) is 8.75 Å². The summed E-state index contributed by atoms with van der Waals surface area (Å²) < 4.78 is 20.9. The van der Waals surface area contributed by atoms with Gasteiger partial charge >= 0.3 is 0 Å². The molecule has 0 N–H and O–H groups in total. The Bertz CT molecular complexity index is 883. The number of carbonyl (C=O) groups is 1. The lowest BCUT2D eigenvalue weighted by Crippen LogP contribution is -2.51. The number of para-hydroxylation sites is 2. The van der Waals surface area contributed by atoms with Gasteiger partial charge in [0, 0.05) is 45.2 Å². The van der Waals surface area contributed by atoms with Gasteiger partial charge in [0.1, 0.15) is 12.7 Å². The fourth-order valence-corrected chi connectivity index (χ4v) is 4.74. The van der Waals surface area contributed by atoms with Gasteiger partial charge in [-0.15, -0.1) is 0 Å². The first-order valence-corrected chi connectivity index (χ1v) is 10.9. The molecule has 1 amide bonds. The average Bonchev–Trinajstić information content (AvgIpc) is 3.35. The molecular weight excluding hydrogens is 390 g/mol. The van der Waals surface area contributed by atoms with Crippen molar-refractivity contribution >= 4 is 29.3 Å². The Hall–Kier alpha value is -2.39. The van der Waals surface area contributed by atoms with Gasteiger partial charge in [0.05, 0.1) is 11.7 Å². The molecule has 1 aromatic carbocycles. The van der Waals surface area contributed by atoms with Gasteiger partial charge in [0.25, 0.3) is 0 Å². The Kier molecular flexibility index (Phi) is 5.01. The molecule has 4 heterocycles. The summed E-state index contributed by atoms with van der Waals surface area (Å²) in [5.41, 5.74) is 0. The molecular formula is C20H25N5O3S. The molecule has 29 heavy (non-hydrogen) atoms. The zero-order chi connectivity index (χ0) is 19.8. The molecule has 2 atom stereocenters. The Morgan fingerprint density at radius 3 is 2.59 bits per heavy atom. The summed E-state index contributed by atoms with van der Waals surface area (Å²) in [6.07, 6.45) is 0.924. The highest BCUT2D eigenvalue weighted by Gasteiger charge is 2.34. The predicted octanol–water partition coefficient (Wildman–Crippen LogP) is 1.87. The molecule has 2 aromatic rings. The number of aromatic nitrogens is 2. The van der Waals surface area contributed by atoms with E-state index in [2.05, 4.69) is 18.5 Å². The second-order valence-electron chi connectivity index (χ2n) is 7.88. The molecule has 3 aliphatic heterocycles. The molecule has 0 saturated carbocycles. The quantitative estimate of drug-likeness (QED) is 0.755. The van der Waals surface area contributed by atoms with Crippen molar-refractivity contribution in [3.8, 4) is 11.5 Å². The minimum absolute atomic E-state index is 0.0386. The average molecular weight is 416 g/mol. The van der Waals surface area contributed by atoms with Crippen molar-refractivity contribution in [3.63, 3.8) is 0 Å². The summed E-state index contributed by atoms with van der Waals surface area (Å²) in [5.74, 6) is 3.46. The summed E-state index contributed by atoms with van der Waals surface area (Å²) in [4.78, 5) is 18.9.